The third-order valence-electron chi connectivity index (χ3n) is 5.10. The van der Waals surface area contributed by atoms with Crippen LogP contribution in [0, 0.1) is 6.92 Å². The molecule has 27 heavy (non-hydrogen) atoms. The van der Waals surface area contributed by atoms with Crippen molar-refractivity contribution in [1.29, 1.82) is 0 Å². The molecule has 0 unspecified atom stereocenters. The Balaban J connectivity index is 1.82. The Bertz CT molecular complexity index is 922. The molecule has 144 valence electrons. The van der Waals surface area contributed by atoms with Gasteiger partial charge in [-0.25, -0.2) is 13.4 Å². The normalized spacial score (nSPS) is 15.7. The monoisotopic (exact) mass is 387 g/mol. The summed E-state index contributed by atoms with van der Waals surface area (Å²) in [5, 5.41) is 2.74. The highest BCUT2D eigenvalue weighted by Crippen LogP contribution is 2.27. The van der Waals surface area contributed by atoms with E-state index >= 15 is 0 Å². The molecule has 1 N–H and O–H groups in total. The average Bonchev–Trinajstić information content (AvgIpc) is 2.70. The first kappa shape index (κ1) is 19.5. The van der Waals surface area contributed by atoms with Gasteiger partial charge >= 0.3 is 0 Å². The predicted octanol–water partition coefficient (Wildman–Crippen LogP) is 3.60. The summed E-state index contributed by atoms with van der Waals surface area (Å²) < 4.78 is 27.5. The first-order chi connectivity index (χ1) is 12.9. The summed E-state index contributed by atoms with van der Waals surface area (Å²) in [6.45, 7) is 1.85. The molecule has 1 aromatic heterocycles. The predicted molar refractivity (Wildman–Crippen MR) is 105 cm³/mol. The minimum Gasteiger partial charge on any atom is -0.306 e. The van der Waals surface area contributed by atoms with Gasteiger partial charge in [-0.05, 0) is 49.6 Å². The second-order valence-corrected chi connectivity index (χ2v) is 8.96. The van der Waals surface area contributed by atoms with E-state index in [2.05, 4.69) is 10.3 Å². The number of nitrogens with zero attached hydrogens (tertiary/aromatic N) is 2. The maximum Gasteiger partial charge on any atom is 0.256 e. The number of benzene rings is 1. The molecule has 1 aromatic carbocycles. The van der Waals surface area contributed by atoms with Crippen LogP contribution in [0.2, 0.25) is 0 Å². The molecule has 1 amide bonds. The van der Waals surface area contributed by atoms with Gasteiger partial charge in [0.2, 0.25) is 10.0 Å². The Kier molecular flexibility index (Phi) is 5.92. The van der Waals surface area contributed by atoms with Crippen molar-refractivity contribution in [1.82, 2.24) is 9.29 Å². The topological polar surface area (TPSA) is 79.4 Å². The number of nitrogens with one attached hydrogen (secondary N) is 1. The number of pyridine rings is 1. The van der Waals surface area contributed by atoms with Gasteiger partial charge in [0, 0.05) is 24.8 Å². The molecule has 1 aliphatic rings. The van der Waals surface area contributed by atoms with Crippen molar-refractivity contribution in [3.8, 4) is 0 Å². The van der Waals surface area contributed by atoms with Crippen molar-refractivity contribution in [2.24, 2.45) is 0 Å². The first-order valence-electron chi connectivity index (χ1n) is 9.20. The van der Waals surface area contributed by atoms with Crippen molar-refractivity contribution in [3.05, 3.63) is 53.7 Å². The Hall–Kier alpha value is -2.25. The van der Waals surface area contributed by atoms with Crippen LogP contribution in [0.1, 0.15) is 48.0 Å². The van der Waals surface area contributed by atoms with Crippen molar-refractivity contribution in [2.45, 2.75) is 50.0 Å². The zero-order chi connectivity index (χ0) is 19.4. The smallest absolute Gasteiger partial charge is 0.256 e. The van der Waals surface area contributed by atoms with E-state index in [-0.39, 0.29) is 22.4 Å². The molecule has 1 fully saturated rings. The number of amides is 1. The fraction of sp³-hybridized carbons (Fsp3) is 0.400. The van der Waals surface area contributed by atoms with Crippen LogP contribution in [0.3, 0.4) is 0 Å². The number of carbonyl (C=O) groups is 1. The molecule has 6 nitrogen and oxygen atoms in total. The number of aryl methyl sites for hydroxylation is 1. The SMILES string of the molecule is Cc1cccnc1NC(=O)c1cccc(S(=O)(=O)N(C)C2CCCCC2)c1. The highest BCUT2D eigenvalue weighted by atomic mass is 32.2. The summed E-state index contributed by atoms with van der Waals surface area (Å²) >= 11 is 0. The Morgan fingerprint density at radius 1 is 1.15 bits per heavy atom. The number of aromatic nitrogens is 1. The molecule has 1 saturated carbocycles. The fourth-order valence-corrected chi connectivity index (χ4v) is 4.86. The molecule has 2 aromatic rings. The lowest BCUT2D eigenvalue weighted by Crippen LogP contribution is -2.38. The van der Waals surface area contributed by atoms with Gasteiger partial charge < -0.3 is 5.32 Å². The molecule has 7 heteroatoms. The fourth-order valence-electron chi connectivity index (χ4n) is 3.40. The minimum atomic E-state index is -3.64. The second-order valence-electron chi connectivity index (χ2n) is 6.96. The van der Waals surface area contributed by atoms with Gasteiger partial charge in [0.05, 0.1) is 4.90 Å². The van der Waals surface area contributed by atoms with E-state index in [1.54, 1.807) is 31.4 Å². The third kappa shape index (κ3) is 4.36. The lowest BCUT2D eigenvalue weighted by Gasteiger charge is -2.30. The lowest BCUT2D eigenvalue weighted by molar-refractivity contribution is 0.102. The number of sulfonamides is 1. The minimum absolute atomic E-state index is 0.0254. The van der Waals surface area contributed by atoms with Gasteiger partial charge in [-0.2, -0.15) is 4.31 Å². The van der Waals surface area contributed by atoms with E-state index in [1.165, 1.54) is 16.4 Å². The van der Waals surface area contributed by atoms with Gasteiger partial charge in [-0.3, -0.25) is 4.79 Å². The van der Waals surface area contributed by atoms with Crippen molar-refractivity contribution >= 4 is 21.7 Å². The van der Waals surface area contributed by atoms with E-state index in [4.69, 9.17) is 0 Å². The van der Waals surface area contributed by atoms with E-state index in [0.717, 1.165) is 37.7 Å². The van der Waals surface area contributed by atoms with Crippen LogP contribution in [0.5, 0.6) is 0 Å². The van der Waals surface area contributed by atoms with Crippen LogP contribution < -0.4 is 5.32 Å². The van der Waals surface area contributed by atoms with Gasteiger partial charge in [0.15, 0.2) is 0 Å². The summed E-state index contributed by atoms with van der Waals surface area (Å²) in [6.07, 6.45) is 6.63. The number of rotatable bonds is 5. The molecule has 0 radical (unpaired) electrons. The van der Waals surface area contributed by atoms with Gasteiger partial charge in [-0.1, -0.05) is 31.4 Å². The summed E-state index contributed by atoms with van der Waals surface area (Å²) in [5.74, 6) is 0.0873. The third-order valence-corrected chi connectivity index (χ3v) is 7.01. The molecule has 1 aliphatic carbocycles. The molecule has 0 aliphatic heterocycles. The van der Waals surface area contributed by atoms with E-state index in [9.17, 15) is 13.2 Å². The highest BCUT2D eigenvalue weighted by molar-refractivity contribution is 7.89. The maximum atomic E-state index is 13.0. The van der Waals surface area contributed by atoms with Crippen LogP contribution >= 0.6 is 0 Å². The largest absolute Gasteiger partial charge is 0.306 e. The van der Waals surface area contributed by atoms with Gasteiger partial charge in [0.25, 0.3) is 5.91 Å². The van der Waals surface area contributed by atoms with Crippen LogP contribution in [0.15, 0.2) is 47.5 Å². The van der Waals surface area contributed by atoms with Gasteiger partial charge in [-0.15, -0.1) is 0 Å². The zero-order valence-corrected chi connectivity index (χ0v) is 16.5. The van der Waals surface area contributed by atoms with Crippen LogP contribution in [-0.4, -0.2) is 36.7 Å². The number of carbonyl (C=O) groups excluding carboxylic acids is 1. The van der Waals surface area contributed by atoms with Crippen LogP contribution in [0.25, 0.3) is 0 Å². The molecule has 0 atom stereocenters. The molecule has 0 bridgehead atoms. The standard InChI is InChI=1S/C20H25N3O3S/c1-15-8-7-13-21-19(15)22-20(24)16-9-6-12-18(14-16)27(25,26)23(2)17-10-4-3-5-11-17/h6-9,12-14,17H,3-5,10-11H2,1-2H3,(H,21,22,24). The van der Waals surface area contributed by atoms with E-state index < -0.39 is 10.0 Å². The van der Waals surface area contributed by atoms with Crippen LogP contribution in [-0.2, 0) is 10.0 Å². The second kappa shape index (κ2) is 8.19. The van der Waals surface area contributed by atoms with Crippen molar-refractivity contribution < 1.29 is 13.2 Å². The van der Waals surface area contributed by atoms with Crippen molar-refractivity contribution in [3.63, 3.8) is 0 Å². The summed E-state index contributed by atoms with van der Waals surface area (Å²) in [5.41, 5.74) is 1.13. The number of hydrogen-bond acceptors (Lipinski definition) is 4. The molecule has 0 spiro atoms. The summed E-state index contributed by atoms with van der Waals surface area (Å²) in [6, 6.07) is 9.84. The Morgan fingerprint density at radius 2 is 1.89 bits per heavy atom. The maximum absolute atomic E-state index is 13.0. The van der Waals surface area contributed by atoms with Gasteiger partial charge in [0.1, 0.15) is 5.82 Å². The van der Waals surface area contributed by atoms with Crippen LogP contribution in [0.4, 0.5) is 5.82 Å². The summed E-state index contributed by atoms with van der Waals surface area (Å²) in [4.78, 5) is 16.8. The van der Waals surface area contributed by atoms with E-state index in [1.807, 2.05) is 13.0 Å². The Labute approximate surface area is 160 Å². The van der Waals surface area contributed by atoms with Crippen molar-refractivity contribution in [2.75, 3.05) is 12.4 Å². The molecular formula is C20H25N3O3S. The highest BCUT2D eigenvalue weighted by Gasteiger charge is 2.29. The summed E-state index contributed by atoms with van der Waals surface area (Å²) in [7, 11) is -2.00. The lowest BCUT2D eigenvalue weighted by atomic mass is 9.96. The number of hydrogen-bond donors (Lipinski definition) is 1. The number of anilines is 1. The Morgan fingerprint density at radius 3 is 2.59 bits per heavy atom. The molecule has 3 rings (SSSR count). The molecule has 0 saturated heterocycles. The van der Waals surface area contributed by atoms with E-state index in [0.29, 0.717) is 5.82 Å². The average molecular weight is 388 g/mol. The first-order valence-corrected chi connectivity index (χ1v) is 10.6. The molecular weight excluding hydrogens is 362 g/mol. The molecule has 1 heterocycles. The quantitative estimate of drug-likeness (QED) is 0.850. The zero-order valence-electron chi connectivity index (χ0n) is 15.7.